The molecule has 0 aliphatic heterocycles. The lowest BCUT2D eigenvalue weighted by atomic mass is 10.5. The van der Waals surface area contributed by atoms with Gasteiger partial charge in [-0.25, -0.2) is 4.74 Å². The Labute approximate surface area is 96.1 Å². The third kappa shape index (κ3) is 3.26. The molecule has 0 saturated carbocycles. The van der Waals surface area contributed by atoms with Crippen LogP contribution in [-0.4, -0.2) is 43.9 Å². The van der Waals surface area contributed by atoms with E-state index in [2.05, 4.69) is 4.42 Å². The number of nitrogens with zero attached hydrogens (tertiary/aromatic N) is 1. The molecular weight excluding hydrogens is 278 g/mol. The molecular formula is C6H7NO8S2. The first-order valence-electron chi connectivity index (χ1n) is 3.85. The van der Waals surface area contributed by atoms with Crippen molar-refractivity contribution in [1.29, 1.82) is 0 Å². The highest BCUT2D eigenvalue weighted by Crippen LogP contribution is 2.22. The fourth-order valence-corrected chi connectivity index (χ4v) is 2.09. The van der Waals surface area contributed by atoms with Crippen LogP contribution in [0.3, 0.4) is 0 Å². The zero-order valence-corrected chi connectivity index (χ0v) is 9.90. The number of hydrogen-bond donors (Lipinski definition) is 2. The van der Waals surface area contributed by atoms with Crippen molar-refractivity contribution in [1.82, 2.24) is 0 Å². The third-order valence-corrected chi connectivity index (χ3v) is 3.12. The minimum atomic E-state index is -4.78. The van der Waals surface area contributed by atoms with Gasteiger partial charge in [0.1, 0.15) is 11.9 Å². The zero-order valence-electron chi connectivity index (χ0n) is 8.26. The fraction of sp³-hybridized carbons (Fsp3) is 0.167. The number of furan rings is 1. The van der Waals surface area contributed by atoms with Gasteiger partial charge in [0.15, 0.2) is 0 Å². The third-order valence-electron chi connectivity index (χ3n) is 1.53. The number of hydrogen-bond acceptors (Lipinski definition) is 6. The first kappa shape index (κ1) is 13.6. The van der Waals surface area contributed by atoms with Gasteiger partial charge in [-0.1, -0.05) is 0 Å². The molecule has 0 amide bonds. The lowest BCUT2D eigenvalue weighted by Crippen LogP contribution is -2.03. The van der Waals surface area contributed by atoms with Gasteiger partial charge in [-0.2, -0.15) is 16.8 Å². The average molecular weight is 285 g/mol. The van der Waals surface area contributed by atoms with Crippen LogP contribution < -0.4 is 0 Å². The maximum absolute atomic E-state index is 10.9. The molecule has 96 valence electrons. The summed E-state index contributed by atoms with van der Waals surface area (Å²) < 4.78 is 65.0. The van der Waals surface area contributed by atoms with E-state index in [1.54, 1.807) is 0 Å². The van der Waals surface area contributed by atoms with Crippen LogP contribution in [0, 0.1) is 5.21 Å². The summed E-state index contributed by atoms with van der Waals surface area (Å²) in [6.45, 7) is 0. The molecule has 0 aliphatic rings. The Balaban J connectivity index is 3.60. The lowest BCUT2D eigenvalue weighted by molar-refractivity contribution is -0.417. The highest BCUT2D eigenvalue weighted by Gasteiger charge is 2.27. The van der Waals surface area contributed by atoms with E-state index in [0.29, 0.717) is 12.3 Å². The first-order valence-corrected chi connectivity index (χ1v) is 6.73. The van der Waals surface area contributed by atoms with Crippen molar-refractivity contribution in [3.63, 3.8) is 0 Å². The van der Waals surface area contributed by atoms with Crippen LogP contribution >= 0.6 is 0 Å². The van der Waals surface area contributed by atoms with Crippen LogP contribution in [-0.2, 0) is 20.2 Å². The van der Waals surface area contributed by atoms with E-state index in [-0.39, 0.29) is 4.74 Å². The molecule has 0 aromatic carbocycles. The Hall–Kier alpha value is -1.43. The summed E-state index contributed by atoms with van der Waals surface area (Å²) in [4.78, 5) is -0.937. The fourth-order valence-electron chi connectivity index (χ4n) is 0.950. The molecule has 17 heavy (non-hydrogen) atoms. The molecule has 0 radical (unpaired) electrons. The van der Waals surface area contributed by atoms with Crippen molar-refractivity contribution in [3.05, 3.63) is 17.0 Å². The van der Waals surface area contributed by atoms with Crippen molar-refractivity contribution in [2.45, 2.75) is 9.99 Å². The first-order chi connectivity index (χ1) is 7.51. The van der Waals surface area contributed by atoms with Crippen molar-refractivity contribution in [2.24, 2.45) is 0 Å². The Kier molecular flexibility index (Phi) is 3.29. The highest BCUT2D eigenvalue weighted by molar-refractivity contribution is 7.86. The minimum Gasteiger partial charge on any atom is -0.624 e. The molecule has 1 rings (SSSR count). The monoisotopic (exact) mass is 285 g/mol. The summed E-state index contributed by atoms with van der Waals surface area (Å²) in [5, 5.41) is 9.57. The van der Waals surface area contributed by atoms with Gasteiger partial charge in [-0.3, -0.25) is 9.11 Å². The predicted octanol–water partition coefficient (Wildman–Crippen LogP) is -0.668. The van der Waals surface area contributed by atoms with Gasteiger partial charge in [-0.15, -0.1) is 0 Å². The molecule has 2 N–H and O–H groups in total. The highest BCUT2D eigenvalue weighted by atomic mass is 32.2. The van der Waals surface area contributed by atoms with Gasteiger partial charge >= 0.3 is 10.1 Å². The summed E-state index contributed by atoms with van der Waals surface area (Å²) in [5.41, 5.74) is 0. The van der Waals surface area contributed by atoms with Crippen LogP contribution in [0.5, 0.6) is 0 Å². The predicted molar refractivity (Wildman–Crippen MR) is 53.1 cm³/mol. The second-order valence-electron chi connectivity index (χ2n) is 2.92. The molecule has 0 aliphatic carbocycles. The van der Waals surface area contributed by atoms with Gasteiger partial charge in [0.05, 0.1) is 0 Å². The quantitative estimate of drug-likeness (QED) is 0.244. The van der Waals surface area contributed by atoms with Crippen LogP contribution in [0.15, 0.2) is 20.5 Å². The van der Waals surface area contributed by atoms with Crippen LogP contribution in [0.25, 0.3) is 0 Å². The second kappa shape index (κ2) is 4.10. The molecule has 0 saturated heterocycles. The topological polar surface area (TPSA) is 148 Å². The van der Waals surface area contributed by atoms with E-state index >= 15 is 0 Å². The molecule has 0 atom stereocenters. The summed E-state index contributed by atoms with van der Waals surface area (Å²) >= 11 is 0. The van der Waals surface area contributed by atoms with E-state index < -0.39 is 36.0 Å². The van der Waals surface area contributed by atoms with Gasteiger partial charge in [-0.05, 0) is 0 Å². The van der Waals surface area contributed by atoms with Crippen molar-refractivity contribution in [2.75, 3.05) is 7.05 Å². The Morgan fingerprint density at radius 2 is 1.82 bits per heavy atom. The van der Waals surface area contributed by atoms with Crippen molar-refractivity contribution >= 4 is 26.5 Å². The summed E-state index contributed by atoms with van der Waals surface area (Å²) in [6.07, 6.45) is 0.581. The Morgan fingerprint density at radius 3 is 2.18 bits per heavy atom. The molecule has 0 bridgehead atoms. The molecule has 0 fully saturated rings. The average Bonchev–Trinajstić information content (AvgIpc) is 2.44. The second-order valence-corrected chi connectivity index (χ2v) is 5.66. The molecule has 1 aromatic rings. The van der Waals surface area contributed by atoms with Crippen molar-refractivity contribution < 1.29 is 35.1 Å². The zero-order chi connectivity index (χ0) is 13.4. The molecule has 0 spiro atoms. The van der Waals surface area contributed by atoms with Gasteiger partial charge in [0.25, 0.3) is 10.1 Å². The van der Waals surface area contributed by atoms with Gasteiger partial charge in [0.2, 0.25) is 17.1 Å². The normalized spacial score (nSPS) is 13.9. The van der Waals surface area contributed by atoms with E-state index in [1.807, 2.05) is 0 Å². The van der Waals surface area contributed by atoms with Crippen LogP contribution in [0.1, 0.15) is 5.76 Å². The maximum Gasteiger partial charge on any atom is 0.328 e. The maximum atomic E-state index is 10.9. The van der Waals surface area contributed by atoms with E-state index in [1.165, 1.54) is 0 Å². The smallest absolute Gasteiger partial charge is 0.328 e. The van der Waals surface area contributed by atoms with Crippen LogP contribution in [0.4, 0.5) is 0 Å². The van der Waals surface area contributed by atoms with Gasteiger partial charge in [0, 0.05) is 6.07 Å². The Bertz CT molecular complexity index is 661. The molecule has 9 nitrogen and oxygen atoms in total. The molecule has 0 unspecified atom stereocenters. The largest absolute Gasteiger partial charge is 0.624 e. The molecule has 1 aromatic heterocycles. The van der Waals surface area contributed by atoms with E-state index in [4.69, 9.17) is 9.11 Å². The summed E-state index contributed by atoms with van der Waals surface area (Å²) in [7, 11) is -8.59. The number of hydroxylamine groups is 1. The van der Waals surface area contributed by atoms with Crippen LogP contribution in [0.2, 0.25) is 0 Å². The van der Waals surface area contributed by atoms with Crippen molar-refractivity contribution in [3.8, 4) is 0 Å². The molecule has 11 heteroatoms. The summed E-state index contributed by atoms with van der Waals surface area (Å²) in [6, 6.07) is 0.389. The van der Waals surface area contributed by atoms with E-state index in [0.717, 1.165) is 7.05 Å². The minimum absolute atomic E-state index is 0.126. The summed E-state index contributed by atoms with van der Waals surface area (Å²) in [5.74, 6) is -0.711. The van der Waals surface area contributed by atoms with E-state index in [9.17, 15) is 22.0 Å². The standard InChI is InChI=1S/C6H7NO8S2/c1-7(8)3-4-5(16(9,10)11)2-6(15-4)17(12,13)14/h2-3H,1H3,(H,9,10,11)(H,12,13,14). The lowest BCUT2D eigenvalue weighted by Gasteiger charge is -1.94. The molecule has 1 heterocycles. The Morgan fingerprint density at radius 1 is 1.29 bits per heavy atom. The van der Waals surface area contributed by atoms with Gasteiger partial charge < -0.3 is 9.62 Å². The SMILES string of the molecule is C[N+]([O-])=Cc1oc(S(=O)(=O)O)cc1S(=O)(=O)O. The number of rotatable bonds is 3.